The Balaban J connectivity index is 0.00000280. The Morgan fingerprint density at radius 1 is 1.00 bits per heavy atom. The van der Waals surface area contributed by atoms with Crippen molar-refractivity contribution in [2.24, 2.45) is 0 Å². The Bertz CT molecular complexity index is 787. The number of nitrogens with one attached hydrogen (secondary N) is 1. The zero-order valence-corrected chi connectivity index (χ0v) is 17.7. The van der Waals surface area contributed by atoms with Crippen LogP contribution in [0.25, 0.3) is 0 Å². The summed E-state index contributed by atoms with van der Waals surface area (Å²) in [6, 6.07) is 9.57. The Morgan fingerprint density at radius 3 is 2.07 bits per heavy atom. The third-order valence-electron chi connectivity index (χ3n) is 5.63. The molecule has 0 aliphatic carbocycles. The predicted molar refractivity (Wildman–Crippen MR) is 110 cm³/mol. The Labute approximate surface area is 172 Å². The molecular formula is C19H28ClN3O4S. The van der Waals surface area contributed by atoms with E-state index in [4.69, 9.17) is 0 Å². The fourth-order valence-electron chi connectivity index (χ4n) is 3.90. The van der Waals surface area contributed by atoms with Gasteiger partial charge in [-0.25, -0.2) is 8.42 Å². The van der Waals surface area contributed by atoms with Gasteiger partial charge < -0.3 is 15.1 Å². The molecule has 2 aliphatic rings. The zero-order valence-electron chi connectivity index (χ0n) is 16.1. The summed E-state index contributed by atoms with van der Waals surface area (Å²) in [5, 5.41) is 3.13. The molecule has 0 radical (unpaired) electrons. The lowest BCUT2D eigenvalue weighted by atomic mass is 9.94. The van der Waals surface area contributed by atoms with Crippen molar-refractivity contribution in [2.45, 2.75) is 24.0 Å². The predicted octanol–water partition coefficient (Wildman–Crippen LogP) is 0.489. The van der Waals surface area contributed by atoms with Gasteiger partial charge in [-0.05, 0) is 31.5 Å². The molecule has 2 aliphatic heterocycles. The second-order valence-electron chi connectivity index (χ2n) is 7.35. The van der Waals surface area contributed by atoms with Crippen molar-refractivity contribution in [3.8, 4) is 0 Å². The van der Waals surface area contributed by atoms with Gasteiger partial charge in [-0.3, -0.25) is 9.59 Å². The molecule has 0 unspecified atom stereocenters. The molecule has 0 spiro atoms. The smallest absolute Gasteiger partial charge is 0.244 e. The molecule has 1 N–H and O–H groups in total. The summed E-state index contributed by atoms with van der Waals surface area (Å²) in [5.74, 6) is -0.269. The van der Waals surface area contributed by atoms with E-state index < -0.39 is 14.6 Å². The van der Waals surface area contributed by atoms with E-state index in [9.17, 15) is 18.0 Å². The summed E-state index contributed by atoms with van der Waals surface area (Å²) in [7, 11) is -3.52. The summed E-state index contributed by atoms with van der Waals surface area (Å²) < 4.78 is 23.5. The number of sulfone groups is 1. The zero-order chi connectivity index (χ0) is 19.5. The second-order valence-corrected chi connectivity index (χ2v) is 9.68. The van der Waals surface area contributed by atoms with Crippen molar-refractivity contribution in [3.05, 3.63) is 35.9 Å². The molecule has 2 fully saturated rings. The first kappa shape index (κ1) is 22.6. The molecule has 2 amide bonds. The average molecular weight is 430 g/mol. The van der Waals surface area contributed by atoms with E-state index in [0.29, 0.717) is 58.5 Å². The van der Waals surface area contributed by atoms with Crippen LogP contribution in [0.2, 0.25) is 0 Å². The van der Waals surface area contributed by atoms with Gasteiger partial charge in [0.25, 0.3) is 0 Å². The molecule has 9 heteroatoms. The molecule has 156 valence electrons. The highest BCUT2D eigenvalue weighted by atomic mass is 35.5. The van der Waals surface area contributed by atoms with Gasteiger partial charge in [0.2, 0.25) is 11.8 Å². The number of benzene rings is 1. The van der Waals surface area contributed by atoms with E-state index in [2.05, 4.69) is 5.32 Å². The van der Waals surface area contributed by atoms with Crippen LogP contribution in [0.15, 0.2) is 30.3 Å². The van der Waals surface area contributed by atoms with Crippen LogP contribution in [-0.2, 0) is 25.8 Å². The number of rotatable bonds is 4. The number of carbonyl (C=O) groups is 2. The van der Waals surface area contributed by atoms with Gasteiger partial charge in [0.15, 0.2) is 14.6 Å². The van der Waals surface area contributed by atoms with Crippen molar-refractivity contribution < 1.29 is 18.0 Å². The van der Waals surface area contributed by atoms with Crippen LogP contribution in [0.4, 0.5) is 0 Å². The second kappa shape index (κ2) is 9.24. The molecule has 7 nitrogen and oxygen atoms in total. The summed E-state index contributed by atoms with van der Waals surface area (Å²) in [6.45, 7) is 2.68. The monoisotopic (exact) mass is 429 g/mol. The Morgan fingerprint density at radius 2 is 1.54 bits per heavy atom. The summed E-state index contributed by atoms with van der Waals surface area (Å²) in [4.78, 5) is 29.0. The van der Waals surface area contributed by atoms with Crippen molar-refractivity contribution in [1.82, 2.24) is 15.1 Å². The van der Waals surface area contributed by atoms with Crippen LogP contribution in [0.5, 0.6) is 0 Å². The van der Waals surface area contributed by atoms with Crippen LogP contribution in [0.3, 0.4) is 0 Å². The first-order valence-electron chi connectivity index (χ1n) is 9.35. The molecule has 2 heterocycles. The van der Waals surface area contributed by atoms with Gasteiger partial charge in [0.1, 0.15) is 0 Å². The minimum atomic E-state index is -3.52. The highest BCUT2D eigenvalue weighted by Gasteiger charge is 2.50. The van der Waals surface area contributed by atoms with Crippen LogP contribution in [0.1, 0.15) is 18.4 Å². The van der Waals surface area contributed by atoms with Gasteiger partial charge in [0.05, 0.1) is 6.42 Å². The average Bonchev–Trinajstić information content (AvgIpc) is 2.68. The minimum Gasteiger partial charge on any atom is -0.339 e. The molecule has 0 aromatic heterocycles. The number of hydrogen-bond donors (Lipinski definition) is 1. The number of hydrogen-bond acceptors (Lipinski definition) is 5. The van der Waals surface area contributed by atoms with E-state index in [1.165, 1.54) is 0 Å². The van der Waals surface area contributed by atoms with Crippen LogP contribution < -0.4 is 5.32 Å². The number of piperazine rings is 1. The normalized spacial score (nSPS) is 19.6. The van der Waals surface area contributed by atoms with Crippen LogP contribution >= 0.6 is 12.4 Å². The lowest BCUT2D eigenvalue weighted by Crippen LogP contribution is -2.61. The Kier molecular flexibility index (Phi) is 7.47. The molecule has 2 saturated heterocycles. The fraction of sp³-hybridized carbons (Fsp3) is 0.579. The molecule has 0 atom stereocenters. The maximum Gasteiger partial charge on any atom is 0.244 e. The van der Waals surface area contributed by atoms with Crippen molar-refractivity contribution >= 4 is 34.1 Å². The number of nitrogens with zero attached hydrogens (tertiary/aromatic N) is 2. The maximum absolute atomic E-state index is 13.1. The number of amides is 2. The Hall–Kier alpha value is -1.64. The summed E-state index contributed by atoms with van der Waals surface area (Å²) >= 11 is 0. The molecule has 3 rings (SSSR count). The molecule has 0 bridgehead atoms. The van der Waals surface area contributed by atoms with Gasteiger partial charge in [-0.1, -0.05) is 30.3 Å². The third-order valence-corrected chi connectivity index (χ3v) is 7.63. The van der Waals surface area contributed by atoms with Crippen molar-refractivity contribution in [2.75, 3.05) is 45.5 Å². The molecule has 1 aromatic carbocycles. The van der Waals surface area contributed by atoms with Gasteiger partial charge >= 0.3 is 0 Å². The largest absolute Gasteiger partial charge is 0.339 e. The number of piperidine rings is 1. The van der Waals surface area contributed by atoms with E-state index in [1.807, 2.05) is 30.3 Å². The van der Waals surface area contributed by atoms with E-state index in [1.54, 1.807) is 9.80 Å². The lowest BCUT2D eigenvalue weighted by molar-refractivity contribution is -0.141. The van der Waals surface area contributed by atoms with Crippen LogP contribution in [0, 0.1) is 0 Å². The van der Waals surface area contributed by atoms with Gasteiger partial charge in [0, 0.05) is 32.4 Å². The van der Waals surface area contributed by atoms with Gasteiger partial charge in [-0.15, -0.1) is 12.4 Å². The lowest BCUT2D eigenvalue weighted by Gasteiger charge is -2.42. The first-order valence-corrected chi connectivity index (χ1v) is 11.2. The van der Waals surface area contributed by atoms with Crippen molar-refractivity contribution in [1.29, 1.82) is 0 Å². The van der Waals surface area contributed by atoms with E-state index in [0.717, 1.165) is 11.8 Å². The summed E-state index contributed by atoms with van der Waals surface area (Å²) in [6.07, 6.45) is 2.11. The maximum atomic E-state index is 13.1. The standard InChI is InChI=1S/C19H27N3O4S.ClH/c1-27(25,26)19(7-9-20-10-8-19)18(24)22-13-11-21(12-14-22)17(23)15-16-5-3-2-4-6-16;/h2-6,20H,7-15H2,1H3;1H. The highest BCUT2D eigenvalue weighted by Crippen LogP contribution is 2.30. The van der Waals surface area contributed by atoms with Crippen molar-refractivity contribution in [3.63, 3.8) is 0 Å². The fourth-order valence-corrected chi connectivity index (χ4v) is 5.30. The van der Waals surface area contributed by atoms with Gasteiger partial charge in [-0.2, -0.15) is 0 Å². The SMILES string of the molecule is CS(=O)(=O)C1(C(=O)N2CCN(C(=O)Cc3ccccc3)CC2)CCNCC1.Cl. The highest BCUT2D eigenvalue weighted by molar-refractivity contribution is 7.92. The molecular weight excluding hydrogens is 402 g/mol. The van der Waals surface area contributed by atoms with Crippen LogP contribution in [-0.4, -0.2) is 80.3 Å². The minimum absolute atomic E-state index is 0. The quantitative estimate of drug-likeness (QED) is 0.752. The number of carbonyl (C=O) groups excluding carboxylic acids is 2. The number of halogens is 1. The van der Waals surface area contributed by atoms with E-state index in [-0.39, 0.29) is 24.2 Å². The third kappa shape index (κ3) is 4.67. The summed E-state index contributed by atoms with van der Waals surface area (Å²) in [5.41, 5.74) is 0.965. The topological polar surface area (TPSA) is 86.8 Å². The van der Waals surface area contributed by atoms with E-state index >= 15 is 0 Å². The molecule has 28 heavy (non-hydrogen) atoms. The molecule has 0 saturated carbocycles. The first-order chi connectivity index (χ1) is 12.8. The molecule has 1 aromatic rings.